The molecule has 1 atom stereocenters. The van der Waals surface area contributed by atoms with E-state index in [-0.39, 0.29) is 5.75 Å². The van der Waals surface area contributed by atoms with Crippen molar-refractivity contribution in [3.63, 3.8) is 0 Å². The fourth-order valence-corrected chi connectivity index (χ4v) is 2.56. The number of nitrogens with zero attached hydrogens (tertiary/aromatic N) is 1. The van der Waals surface area contributed by atoms with Gasteiger partial charge in [0.05, 0.1) is 5.75 Å². The molecule has 0 amide bonds. The van der Waals surface area contributed by atoms with Crippen molar-refractivity contribution in [2.75, 3.05) is 39.0 Å². The monoisotopic (exact) mass is 249 g/mol. The molecule has 0 aromatic carbocycles. The molecule has 6 heteroatoms. The molecule has 1 saturated heterocycles. The standard InChI is InChI=1S/C10H23N3O2S/c1-3-16(14,15)12-6-8-13-7-4-5-10(9-13)11-2/h10-12H,3-9H2,1-2H3. The number of likely N-dealkylation sites (N-methyl/N-ethyl adjacent to an activating group) is 1. The van der Waals surface area contributed by atoms with Gasteiger partial charge in [0.2, 0.25) is 10.0 Å². The molecule has 0 aromatic rings. The van der Waals surface area contributed by atoms with Gasteiger partial charge in [-0.3, -0.25) is 0 Å². The normalized spacial score (nSPS) is 23.5. The highest BCUT2D eigenvalue weighted by Crippen LogP contribution is 2.08. The average molecular weight is 249 g/mol. The topological polar surface area (TPSA) is 61.4 Å². The maximum Gasteiger partial charge on any atom is 0.211 e. The molecule has 0 aromatic heterocycles. The number of hydrogen-bond donors (Lipinski definition) is 2. The van der Waals surface area contributed by atoms with Crippen LogP contribution in [-0.4, -0.2) is 58.3 Å². The predicted molar refractivity (Wildman–Crippen MR) is 66.0 cm³/mol. The van der Waals surface area contributed by atoms with Gasteiger partial charge in [0.1, 0.15) is 0 Å². The molecule has 5 nitrogen and oxygen atoms in total. The zero-order valence-corrected chi connectivity index (χ0v) is 11.0. The van der Waals surface area contributed by atoms with Gasteiger partial charge < -0.3 is 10.2 Å². The van der Waals surface area contributed by atoms with E-state index in [0.29, 0.717) is 12.6 Å². The average Bonchev–Trinajstić information content (AvgIpc) is 2.29. The highest BCUT2D eigenvalue weighted by Gasteiger charge is 2.18. The summed E-state index contributed by atoms with van der Waals surface area (Å²) >= 11 is 0. The molecule has 1 unspecified atom stereocenters. The third-order valence-electron chi connectivity index (χ3n) is 3.04. The van der Waals surface area contributed by atoms with Crippen LogP contribution in [0.2, 0.25) is 0 Å². The fraction of sp³-hybridized carbons (Fsp3) is 1.00. The summed E-state index contributed by atoms with van der Waals surface area (Å²) in [6, 6.07) is 0.552. The van der Waals surface area contributed by atoms with Gasteiger partial charge >= 0.3 is 0 Å². The van der Waals surface area contributed by atoms with Crippen molar-refractivity contribution >= 4 is 10.0 Å². The van der Waals surface area contributed by atoms with E-state index in [9.17, 15) is 8.42 Å². The molecule has 0 aliphatic carbocycles. The molecule has 16 heavy (non-hydrogen) atoms. The molecule has 0 radical (unpaired) electrons. The van der Waals surface area contributed by atoms with Crippen molar-refractivity contribution in [2.45, 2.75) is 25.8 Å². The molecule has 96 valence electrons. The molecular weight excluding hydrogens is 226 g/mol. The highest BCUT2D eigenvalue weighted by atomic mass is 32.2. The molecule has 1 aliphatic heterocycles. The van der Waals surface area contributed by atoms with E-state index >= 15 is 0 Å². The van der Waals surface area contributed by atoms with E-state index in [0.717, 1.165) is 19.6 Å². The van der Waals surface area contributed by atoms with Gasteiger partial charge in [-0.2, -0.15) is 0 Å². The quantitative estimate of drug-likeness (QED) is 0.673. The van der Waals surface area contributed by atoms with Gasteiger partial charge in [0.15, 0.2) is 0 Å². The number of hydrogen-bond acceptors (Lipinski definition) is 4. The Labute approximate surface area is 98.6 Å². The Morgan fingerprint density at radius 2 is 2.19 bits per heavy atom. The van der Waals surface area contributed by atoms with E-state index in [1.54, 1.807) is 6.92 Å². The van der Waals surface area contributed by atoms with Crippen LogP contribution in [0.25, 0.3) is 0 Å². The maximum atomic E-state index is 11.2. The molecule has 1 fully saturated rings. The molecule has 0 bridgehead atoms. The van der Waals surface area contributed by atoms with Crippen LogP contribution in [0, 0.1) is 0 Å². The lowest BCUT2D eigenvalue weighted by Gasteiger charge is -2.32. The predicted octanol–water partition coefficient (Wildman–Crippen LogP) is -0.390. The summed E-state index contributed by atoms with van der Waals surface area (Å²) in [6.07, 6.45) is 2.40. The van der Waals surface area contributed by atoms with Crippen LogP contribution in [0.4, 0.5) is 0 Å². The lowest BCUT2D eigenvalue weighted by atomic mass is 10.1. The van der Waals surface area contributed by atoms with Crippen LogP contribution < -0.4 is 10.0 Å². The van der Waals surface area contributed by atoms with E-state index in [1.165, 1.54) is 12.8 Å². The Morgan fingerprint density at radius 1 is 1.44 bits per heavy atom. The van der Waals surface area contributed by atoms with Crippen LogP contribution in [-0.2, 0) is 10.0 Å². The first kappa shape index (κ1) is 13.9. The second-order valence-corrected chi connectivity index (χ2v) is 6.32. The molecule has 0 saturated carbocycles. The summed E-state index contributed by atoms with van der Waals surface area (Å²) in [5, 5.41) is 3.27. The van der Waals surface area contributed by atoms with Crippen LogP contribution in [0.1, 0.15) is 19.8 Å². The number of nitrogens with one attached hydrogen (secondary N) is 2. The van der Waals surface area contributed by atoms with Crippen molar-refractivity contribution in [3.8, 4) is 0 Å². The van der Waals surface area contributed by atoms with Crippen molar-refractivity contribution in [3.05, 3.63) is 0 Å². The lowest BCUT2D eigenvalue weighted by Crippen LogP contribution is -2.46. The minimum absolute atomic E-state index is 0.159. The largest absolute Gasteiger partial charge is 0.316 e. The Kier molecular flexibility index (Phi) is 5.68. The van der Waals surface area contributed by atoms with E-state index in [2.05, 4.69) is 14.9 Å². The van der Waals surface area contributed by atoms with Gasteiger partial charge in [-0.25, -0.2) is 13.1 Å². The molecule has 1 heterocycles. The maximum absolute atomic E-state index is 11.2. The number of likely N-dealkylation sites (tertiary alicyclic amines) is 1. The van der Waals surface area contributed by atoms with Crippen molar-refractivity contribution in [1.29, 1.82) is 0 Å². The summed E-state index contributed by atoms with van der Waals surface area (Å²) < 4.78 is 25.0. The van der Waals surface area contributed by atoms with Gasteiger partial charge in [0.25, 0.3) is 0 Å². The van der Waals surface area contributed by atoms with E-state index in [1.807, 2.05) is 7.05 Å². The summed E-state index contributed by atoms with van der Waals surface area (Å²) in [4.78, 5) is 2.31. The van der Waals surface area contributed by atoms with Gasteiger partial charge in [-0.05, 0) is 33.4 Å². The summed E-state index contributed by atoms with van der Waals surface area (Å²) in [7, 11) is -1.05. The SMILES string of the molecule is CCS(=O)(=O)NCCN1CCCC(NC)C1. The smallest absolute Gasteiger partial charge is 0.211 e. The Balaban J connectivity index is 2.22. The molecule has 0 spiro atoms. The highest BCUT2D eigenvalue weighted by molar-refractivity contribution is 7.89. The van der Waals surface area contributed by atoms with Crippen molar-refractivity contribution in [2.24, 2.45) is 0 Å². The van der Waals surface area contributed by atoms with Gasteiger partial charge in [-0.15, -0.1) is 0 Å². The molecular formula is C10H23N3O2S. The molecule has 1 rings (SSSR count). The van der Waals surface area contributed by atoms with Crippen LogP contribution >= 0.6 is 0 Å². The fourth-order valence-electron chi connectivity index (χ4n) is 1.96. The Bertz CT molecular complexity index is 292. The van der Waals surface area contributed by atoms with Crippen molar-refractivity contribution in [1.82, 2.24) is 14.9 Å². The number of sulfonamides is 1. The third kappa shape index (κ3) is 4.78. The summed E-state index contributed by atoms with van der Waals surface area (Å²) in [5.74, 6) is 0.159. The van der Waals surface area contributed by atoms with Gasteiger partial charge in [-0.1, -0.05) is 0 Å². The lowest BCUT2D eigenvalue weighted by molar-refractivity contribution is 0.198. The first-order valence-corrected chi connectivity index (χ1v) is 7.59. The second-order valence-electron chi connectivity index (χ2n) is 4.23. The Morgan fingerprint density at radius 3 is 2.81 bits per heavy atom. The number of piperidine rings is 1. The zero-order valence-electron chi connectivity index (χ0n) is 10.2. The Hall–Kier alpha value is -0.170. The van der Waals surface area contributed by atoms with Crippen LogP contribution in [0.3, 0.4) is 0 Å². The molecule has 2 N–H and O–H groups in total. The van der Waals surface area contributed by atoms with E-state index < -0.39 is 10.0 Å². The zero-order chi connectivity index (χ0) is 12.0. The van der Waals surface area contributed by atoms with Crippen LogP contribution in [0.15, 0.2) is 0 Å². The summed E-state index contributed by atoms with van der Waals surface area (Å²) in [5.41, 5.74) is 0. The second kappa shape index (κ2) is 6.54. The van der Waals surface area contributed by atoms with Gasteiger partial charge in [0, 0.05) is 25.7 Å². The minimum atomic E-state index is -3.03. The minimum Gasteiger partial charge on any atom is -0.316 e. The van der Waals surface area contributed by atoms with Crippen LogP contribution in [0.5, 0.6) is 0 Å². The third-order valence-corrected chi connectivity index (χ3v) is 4.45. The van der Waals surface area contributed by atoms with Crippen molar-refractivity contribution < 1.29 is 8.42 Å². The number of rotatable bonds is 6. The van der Waals surface area contributed by atoms with E-state index in [4.69, 9.17) is 0 Å². The summed E-state index contributed by atoms with van der Waals surface area (Å²) in [6.45, 7) is 5.07. The first-order valence-electron chi connectivity index (χ1n) is 5.94. The first-order chi connectivity index (χ1) is 7.57. The molecule has 1 aliphatic rings.